The fourth-order valence-corrected chi connectivity index (χ4v) is 6.91. The fourth-order valence-electron chi connectivity index (χ4n) is 5.48. The second kappa shape index (κ2) is 12.8. The molecule has 184 valence electrons. The monoisotopic (exact) mass is 479 g/mol. The summed E-state index contributed by atoms with van der Waals surface area (Å²) in [5.74, 6) is 0.140. The van der Waals surface area contributed by atoms with Crippen molar-refractivity contribution in [3.63, 3.8) is 0 Å². The summed E-state index contributed by atoms with van der Waals surface area (Å²) >= 11 is 1.84. The molecule has 0 spiro atoms. The summed E-state index contributed by atoms with van der Waals surface area (Å²) in [4.78, 5) is 17.5. The molecule has 0 radical (unpaired) electrons. The summed E-state index contributed by atoms with van der Waals surface area (Å²) in [5.41, 5.74) is 4.11. The SMILES string of the molecule is C=CCOC1/C(=C2/SC3=C(CCC3)N2CCCCCCCCCCCC)C(=O)c2ccccc21. The van der Waals surface area contributed by atoms with Gasteiger partial charge in [-0.25, -0.2) is 0 Å². The van der Waals surface area contributed by atoms with Gasteiger partial charge in [0.25, 0.3) is 0 Å². The first-order valence-electron chi connectivity index (χ1n) is 13.5. The third-order valence-electron chi connectivity index (χ3n) is 7.27. The summed E-state index contributed by atoms with van der Waals surface area (Å²) in [6.07, 6.45) is 18.4. The zero-order valence-electron chi connectivity index (χ0n) is 20.9. The van der Waals surface area contributed by atoms with Crippen LogP contribution in [0.2, 0.25) is 0 Å². The lowest BCUT2D eigenvalue weighted by atomic mass is 10.1. The van der Waals surface area contributed by atoms with Crippen molar-refractivity contribution in [2.75, 3.05) is 13.2 Å². The maximum absolute atomic E-state index is 13.5. The summed E-state index contributed by atoms with van der Waals surface area (Å²) < 4.78 is 6.19. The van der Waals surface area contributed by atoms with E-state index in [1.165, 1.54) is 81.2 Å². The number of allylic oxidation sites excluding steroid dienone is 2. The van der Waals surface area contributed by atoms with Crippen LogP contribution in [0.5, 0.6) is 0 Å². The Labute approximate surface area is 210 Å². The summed E-state index contributed by atoms with van der Waals surface area (Å²) in [6, 6.07) is 7.95. The Hall–Kier alpha value is -1.78. The molecule has 4 heteroatoms. The maximum Gasteiger partial charge on any atom is 0.195 e. The van der Waals surface area contributed by atoms with Gasteiger partial charge in [-0.2, -0.15) is 0 Å². The average Bonchev–Trinajstić information content (AvgIpc) is 3.51. The molecule has 34 heavy (non-hydrogen) atoms. The molecular formula is C30H41NO2S. The molecule has 1 atom stereocenters. The van der Waals surface area contributed by atoms with E-state index in [1.807, 2.05) is 36.0 Å². The first-order valence-corrected chi connectivity index (χ1v) is 14.4. The number of ether oxygens (including phenoxy) is 1. The number of hydrogen-bond donors (Lipinski definition) is 0. The van der Waals surface area contributed by atoms with Gasteiger partial charge in [0.05, 0.1) is 17.2 Å². The van der Waals surface area contributed by atoms with Crippen LogP contribution in [-0.2, 0) is 4.74 Å². The van der Waals surface area contributed by atoms with Gasteiger partial charge in [0.15, 0.2) is 5.78 Å². The largest absolute Gasteiger partial charge is 0.364 e. The van der Waals surface area contributed by atoms with Gasteiger partial charge in [0.2, 0.25) is 0 Å². The van der Waals surface area contributed by atoms with Crippen molar-refractivity contribution in [1.29, 1.82) is 0 Å². The molecule has 1 aromatic rings. The number of Topliss-reactive ketones (excluding diaryl/α,β-unsaturated/α-hetero) is 1. The topological polar surface area (TPSA) is 29.5 Å². The molecule has 0 fully saturated rings. The van der Waals surface area contributed by atoms with Crippen LogP contribution in [0, 0.1) is 0 Å². The molecule has 1 unspecified atom stereocenters. The lowest BCUT2D eigenvalue weighted by molar-refractivity contribution is 0.0892. The van der Waals surface area contributed by atoms with E-state index >= 15 is 0 Å². The Morgan fingerprint density at radius 1 is 1.03 bits per heavy atom. The number of carbonyl (C=O) groups is 1. The molecule has 0 N–H and O–H groups in total. The smallest absolute Gasteiger partial charge is 0.195 e. The number of unbranched alkanes of at least 4 members (excludes halogenated alkanes) is 9. The van der Waals surface area contributed by atoms with E-state index in [9.17, 15) is 4.79 Å². The second-order valence-corrected chi connectivity index (χ2v) is 10.9. The van der Waals surface area contributed by atoms with E-state index in [0.29, 0.717) is 6.61 Å². The third kappa shape index (κ3) is 5.71. The Bertz CT molecular complexity index is 931. The molecule has 3 nitrogen and oxygen atoms in total. The van der Waals surface area contributed by atoms with Crippen molar-refractivity contribution >= 4 is 17.5 Å². The molecule has 1 aliphatic heterocycles. The number of thioether (sulfide) groups is 1. The summed E-state index contributed by atoms with van der Waals surface area (Å²) in [7, 11) is 0. The lowest BCUT2D eigenvalue weighted by Crippen LogP contribution is -2.22. The van der Waals surface area contributed by atoms with Crippen LogP contribution in [0.25, 0.3) is 0 Å². The van der Waals surface area contributed by atoms with E-state index in [-0.39, 0.29) is 11.9 Å². The van der Waals surface area contributed by atoms with E-state index < -0.39 is 0 Å². The molecular weight excluding hydrogens is 438 g/mol. The van der Waals surface area contributed by atoms with E-state index in [2.05, 4.69) is 18.4 Å². The lowest BCUT2D eigenvalue weighted by Gasteiger charge is -2.26. The highest BCUT2D eigenvalue weighted by Crippen LogP contribution is 2.53. The highest BCUT2D eigenvalue weighted by molar-refractivity contribution is 8.07. The molecule has 0 saturated carbocycles. The van der Waals surface area contributed by atoms with Crippen LogP contribution in [0.1, 0.15) is 112 Å². The number of benzene rings is 1. The quantitative estimate of drug-likeness (QED) is 0.152. The van der Waals surface area contributed by atoms with E-state index in [0.717, 1.165) is 41.1 Å². The first-order chi connectivity index (χ1) is 16.8. The molecule has 4 rings (SSSR count). The van der Waals surface area contributed by atoms with Crippen LogP contribution >= 0.6 is 11.8 Å². The number of hydrogen-bond acceptors (Lipinski definition) is 4. The van der Waals surface area contributed by atoms with Crippen molar-refractivity contribution < 1.29 is 9.53 Å². The predicted octanol–water partition coefficient (Wildman–Crippen LogP) is 8.70. The van der Waals surface area contributed by atoms with Crippen LogP contribution in [0.4, 0.5) is 0 Å². The molecule has 0 saturated heterocycles. The molecule has 0 amide bonds. The van der Waals surface area contributed by atoms with Crippen LogP contribution in [0.15, 0.2) is 58.1 Å². The average molecular weight is 480 g/mol. The van der Waals surface area contributed by atoms with Crippen molar-refractivity contribution in [3.8, 4) is 0 Å². The van der Waals surface area contributed by atoms with Gasteiger partial charge < -0.3 is 9.64 Å². The number of nitrogens with zero attached hydrogens (tertiary/aromatic N) is 1. The van der Waals surface area contributed by atoms with Crippen molar-refractivity contribution in [2.45, 2.75) is 96.5 Å². The molecule has 1 heterocycles. The highest BCUT2D eigenvalue weighted by atomic mass is 32.2. The van der Waals surface area contributed by atoms with Crippen LogP contribution in [-0.4, -0.2) is 23.8 Å². The van der Waals surface area contributed by atoms with Gasteiger partial charge in [-0.05, 0) is 31.2 Å². The molecule has 0 bridgehead atoms. The van der Waals surface area contributed by atoms with Gasteiger partial charge in [-0.15, -0.1) is 6.58 Å². The normalized spacial score (nSPS) is 21.5. The zero-order chi connectivity index (χ0) is 23.8. The fraction of sp³-hybridized carbons (Fsp3) is 0.567. The van der Waals surface area contributed by atoms with Gasteiger partial charge in [-0.1, -0.05) is 107 Å². The number of rotatable bonds is 14. The van der Waals surface area contributed by atoms with Crippen molar-refractivity contribution in [1.82, 2.24) is 4.90 Å². The predicted molar refractivity (Wildman–Crippen MR) is 144 cm³/mol. The Kier molecular flexibility index (Phi) is 9.52. The van der Waals surface area contributed by atoms with Crippen molar-refractivity contribution in [3.05, 3.63) is 69.3 Å². The minimum Gasteiger partial charge on any atom is -0.364 e. The maximum atomic E-state index is 13.5. The summed E-state index contributed by atoms with van der Waals surface area (Å²) in [6.45, 7) is 7.56. The zero-order valence-corrected chi connectivity index (χ0v) is 21.8. The number of ketones is 1. The highest BCUT2D eigenvalue weighted by Gasteiger charge is 2.42. The van der Waals surface area contributed by atoms with Crippen LogP contribution in [0.3, 0.4) is 0 Å². The second-order valence-electron chi connectivity index (χ2n) is 9.80. The molecule has 2 aliphatic carbocycles. The van der Waals surface area contributed by atoms with Gasteiger partial charge in [0, 0.05) is 22.7 Å². The number of fused-ring (bicyclic) bond motifs is 1. The van der Waals surface area contributed by atoms with Crippen molar-refractivity contribution in [2.24, 2.45) is 0 Å². The molecule has 1 aromatic carbocycles. The van der Waals surface area contributed by atoms with Gasteiger partial charge in [0.1, 0.15) is 6.10 Å². The van der Waals surface area contributed by atoms with Crippen LogP contribution < -0.4 is 0 Å². The molecule has 3 aliphatic rings. The number of carbonyl (C=O) groups excluding carboxylic acids is 1. The summed E-state index contributed by atoms with van der Waals surface area (Å²) in [5, 5.41) is 1.14. The standard InChI is InChI=1S/C30H41NO2S/c1-3-5-6-7-8-9-10-11-12-15-21-31-25-19-16-20-26(25)34-30(31)27-28(32)23-17-13-14-18-24(23)29(27)33-22-4-2/h4,13-14,17-18,29H,2-3,5-12,15-16,19-22H2,1H3/b30-27+. The van der Waals surface area contributed by atoms with E-state index in [1.54, 1.807) is 6.08 Å². The Morgan fingerprint density at radius 2 is 1.74 bits per heavy atom. The minimum atomic E-state index is -0.292. The van der Waals surface area contributed by atoms with Gasteiger partial charge in [-0.3, -0.25) is 4.79 Å². The minimum absolute atomic E-state index is 0.140. The van der Waals surface area contributed by atoms with E-state index in [4.69, 9.17) is 4.74 Å². The third-order valence-corrected chi connectivity index (χ3v) is 8.59. The first kappa shape index (κ1) is 25.3. The Balaban J connectivity index is 1.41. The van der Waals surface area contributed by atoms with Gasteiger partial charge >= 0.3 is 0 Å². The molecule has 0 aromatic heterocycles. The Morgan fingerprint density at radius 3 is 2.47 bits per heavy atom.